The predicted octanol–water partition coefficient (Wildman–Crippen LogP) is 6.46. The number of hydrogen-bond acceptors (Lipinski definition) is 2. The number of ketones is 1. The van der Waals surface area contributed by atoms with Crippen molar-refractivity contribution in [2.24, 2.45) is 35.0 Å². The lowest BCUT2D eigenvalue weighted by Gasteiger charge is -2.51. The summed E-state index contributed by atoms with van der Waals surface area (Å²) in [6.07, 6.45) is 14.5. The fourth-order valence-corrected chi connectivity index (χ4v) is 6.89. The van der Waals surface area contributed by atoms with Gasteiger partial charge in [0, 0.05) is 12.8 Å². The molecule has 26 heavy (non-hydrogen) atoms. The molecule has 2 nitrogen and oxygen atoms in total. The lowest BCUT2D eigenvalue weighted by molar-refractivity contribution is -0.114. The standard InChI is InChI=1S/C24H37NO/c1-4-5-6-20(26)16-18-7-8-21-19(15-18)11-13-24(3)22(9-10-23(21)24)17(2)12-14-25/h16-17,19,21-23H,4-13,15H2,1-3H3/b18-16-/t17-,19?,21?,22?,23?,24-/m1/s1. The van der Waals surface area contributed by atoms with Gasteiger partial charge in [0.15, 0.2) is 5.78 Å². The number of unbranched alkanes of at least 4 members (excludes halogenated alkanes) is 1. The largest absolute Gasteiger partial charge is 0.295 e. The molecule has 4 unspecified atom stereocenters. The van der Waals surface area contributed by atoms with Crippen LogP contribution in [0, 0.1) is 46.3 Å². The molecule has 144 valence electrons. The molecule has 3 saturated carbocycles. The van der Waals surface area contributed by atoms with Gasteiger partial charge in [-0.2, -0.15) is 5.26 Å². The number of carbonyl (C=O) groups excluding carboxylic acids is 1. The molecule has 0 saturated heterocycles. The highest BCUT2D eigenvalue weighted by Crippen LogP contribution is 2.63. The Bertz CT molecular complexity index is 586. The molecule has 0 aromatic heterocycles. The highest BCUT2D eigenvalue weighted by Gasteiger charge is 2.55. The molecule has 0 aromatic carbocycles. The average molecular weight is 356 g/mol. The molecule has 0 aromatic rings. The predicted molar refractivity (Wildman–Crippen MR) is 106 cm³/mol. The first kappa shape index (κ1) is 19.7. The van der Waals surface area contributed by atoms with Gasteiger partial charge in [0.1, 0.15) is 0 Å². The Morgan fingerprint density at radius 2 is 2.15 bits per heavy atom. The van der Waals surface area contributed by atoms with E-state index in [2.05, 4.69) is 26.8 Å². The monoisotopic (exact) mass is 355 g/mol. The maximum absolute atomic E-state index is 12.1. The summed E-state index contributed by atoms with van der Waals surface area (Å²) in [5, 5.41) is 9.14. The van der Waals surface area contributed by atoms with Crippen molar-refractivity contribution in [1.82, 2.24) is 0 Å². The lowest BCUT2D eigenvalue weighted by Crippen LogP contribution is -2.44. The molecule has 0 heterocycles. The van der Waals surface area contributed by atoms with Crippen LogP contribution in [0.15, 0.2) is 11.6 Å². The molecular weight excluding hydrogens is 318 g/mol. The molecule has 0 radical (unpaired) electrons. The molecule has 6 atom stereocenters. The van der Waals surface area contributed by atoms with E-state index in [4.69, 9.17) is 5.26 Å². The zero-order valence-corrected chi connectivity index (χ0v) is 17.1. The fraction of sp³-hybridized carbons (Fsp3) is 0.833. The molecule has 0 amide bonds. The van der Waals surface area contributed by atoms with Crippen molar-refractivity contribution in [1.29, 1.82) is 5.26 Å². The Balaban J connectivity index is 1.65. The summed E-state index contributed by atoms with van der Waals surface area (Å²) in [5.41, 5.74) is 1.89. The highest BCUT2D eigenvalue weighted by molar-refractivity contribution is 5.90. The van der Waals surface area contributed by atoms with E-state index in [1.807, 2.05) is 6.08 Å². The van der Waals surface area contributed by atoms with Gasteiger partial charge in [0.05, 0.1) is 6.07 Å². The Hall–Kier alpha value is -1.10. The van der Waals surface area contributed by atoms with Gasteiger partial charge in [-0.1, -0.05) is 32.8 Å². The number of hydrogen-bond donors (Lipinski definition) is 0. The average Bonchev–Trinajstić information content (AvgIpc) is 2.97. The summed E-state index contributed by atoms with van der Waals surface area (Å²) in [4.78, 5) is 12.1. The van der Waals surface area contributed by atoms with Crippen molar-refractivity contribution in [2.75, 3.05) is 0 Å². The van der Waals surface area contributed by atoms with E-state index in [0.717, 1.165) is 49.4 Å². The molecule has 2 heteroatoms. The quantitative estimate of drug-likeness (QED) is 0.513. The molecule has 3 rings (SSSR count). The van der Waals surface area contributed by atoms with Crippen LogP contribution >= 0.6 is 0 Å². The summed E-state index contributed by atoms with van der Waals surface area (Å²) in [6, 6.07) is 2.41. The maximum Gasteiger partial charge on any atom is 0.155 e. The van der Waals surface area contributed by atoms with Gasteiger partial charge in [-0.3, -0.25) is 4.79 Å². The summed E-state index contributed by atoms with van der Waals surface area (Å²) < 4.78 is 0. The summed E-state index contributed by atoms with van der Waals surface area (Å²) in [7, 11) is 0. The second kappa shape index (κ2) is 8.28. The van der Waals surface area contributed by atoms with Crippen LogP contribution in [-0.4, -0.2) is 5.78 Å². The number of nitriles is 1. The van der Waals surface area contributed by atoms with Crippen LogP contribution < -0.4 is 0 Å². The maximum atomic E-state index is 12.1. The summed E-state index contributed by atoms with van der Waals surface area (Å²) in [5.74, 6) is 4.15. The third-order valence-electron chi connectivity index (χ3n) is 8.22. The van der Waals surface area contributed by atoms with Gasteiger partial charge < -0.3 is 0 Å². The van der Waals surface area contributed by atoms with Crippen LogP contribution in [0.25, 0.3) is 0 Å². The van der Waals surface area contributed by atoms with Crippen molar-refractivity contribution in [3.63, 3.8) is 0 Å². The van der Waals surface area contributed by atoms with Gasteiger partial charge in [-0.05, 0) is 92.4 Å². The Labute approximate surface area is 160 Å². The molecule has 3 fully saturated rings. The normalized spacial score (nSPS) is 39.1. The highest BCUT2D eigenvalue weighted by atomic mass is 16.1. The van der Waals surface area contributed by atoms with Gasteiger partial charge in [0.2, 0.25) is 0 Å². The van der Waals surface area contributed by atoms with Crippen molar-refractivity contribution in [3.8, 4) is 6.07 Å². The third-order valence-corrected chi connectivity index (χ3v) is 8.22. The SMILES string of the molecule is CCCCC(=O)/C=C1/CCC2C(CC[C@@]3(C)C2CCC3[C@H](C)CC#N)C1. The number of allylic oxidation sites excluding steroid dienone is 2. The zero-order valence-electron chi connectivity index (χ0n) is 17.1. The van der Waals surface area contributed by atoms with E-state index in [0.29, 0.717) is 23.5 Å². The molecule has 3 aliphatic carbocycles. The van der Waals surface area contributed by atoms with Gasteiger partial charge >= 0.3 is 0 Å². The van der Waals surface area contributed by atoms with E-state index < -0.39 is 0 Å². The van der Waals surface area contributed by atoms with E-state index in [-0.39, 0.29) is 0 Å². The first-order valence-electron chi connectivity index (χ1n) is 11.1. The van der Waals surface area contributed by atoms with Crippen molar-refractivity contribution in [2.45, 2.75) is 91.4 Å². The molecule has 3 aliphatic rings. The topological polar surface area (TPSA) is 40.9 Å². The molecule has 0 N–H and O–H groups in total. The smallest absolute Gasteiger partial charge is 0.155 e. The Kier molecular flexibility index (Phi) is 6.26. The summed E-state index contributed by atoms with van der Waals surface area (Å²) in [6.45, 7) is 6.99. The van der Waals surface area contributed by atoms with Gasteiger partial charge in [-0.15, -0.1) is 0 Å². The minimum Gasteiger partial charge on any atom is -0.295 e. The van der Waals surface area contributed by atoms with Crippen LogP contribution in [0.1, 0.15) is 91.4 Å². The molecular formula is C24H37NO. The first-order chi connectivity index (χ1) is 12.5. The zero-order chi connectivity index (χ0) is 18.7. The molecule has 0 aliphatic heterocycles. The van der Waals surface area contributed by atoms with Crippen LogP contribution in [0.5, 0.6) is 0 Å². The van der Waals surface area contributed by atoms with Crippen molar-refractivity contribution >= 4 is 5.78 Å². The van der Waals surface area contributed by atoms with E-state index >= 15 is 0 Å². The Morgan fingerprint density at radius 1 is 1.35 bits per heavy atom. The van der Waals surface area contributed by atoms with E-state index in [1.54, 1.807) is 0 Å². The Morgan fingerprint density at radius 3 is 2.88 bits per heavy atom. The molecule has 0 spiro atoms. The number of fused-ring (bicyclic) bond motifs is 3. The van der Waals surface area contributed by atoms with Crippen molar-refractivity contribution in [3.05, 3.63) is 11.6 Å². The first-order valence-corrected chi connectivity index (χ1v) is 11.1. The number of rotatable bonds is 6. The van der Waals surface area contributed by atoms with E-state index in [1.165, 1.54) is 44.1 Å². The number of carbonyl (C=O) groups is 1. The fourth-order valence-electron chi connectivity index (χ4n) is 6.89. The minimum absolute atomic E-state index is 0.354. The van der Waals surface area contributed by atoms with Crippen molar-refractivity contribution < 1.29 is 4.79 Å². The van der Waals surface area contributed by atoms with E-state index in [9.17, 15) is 4.79 Å². The lowest BCUT2D eigenvalue weighted by atomic mass is 9.53. The van der Waals surface area contributed by atoms with Crippen LogP contribution in [0.2, 0.25) is 0 Å². The number of nitrogens with zero attached hydrogens (tertiary/aromatic N) is 1. The van der Waals surface area contributed by atoms with Crippen LogP contribution in [0.4, 0.5) is 0 Å². The minimum atomic E-state index is 0.354. The second-order valence-electron chi connectivity index (χ2n) is 9.71. The molecule has 0 bridgehead atoms. The van der Waals surface area contributed by atoms with Gasteiger partial charge in [0.25, 0.3) is 0 Å². The summed E-state index contributed by atoms with van der Waals surface area (Å²) >= 11 is 0. The van der Waals surface area contributed by atoms with Crippen LogP contribution in [-0.2, 0) is 4.79 Å². The second-order valence-corrected chi connectivity index (χ2v) is 9.71. The van der Waals surface area contributed by atoms with Gasteiger partial charge in [-0.25, -0.2) is 0 Å². The third kappa shape index (κ3) is 3.78. The van der Waals surface area contributed by atoms with Crippen LogP contribution in [0.3, 0.4) is 0 Å².